The summed E-state index contributed by atoms with van der Waals surface area (Å²) in [4.78, 5) is 29.6. The summed E-state index contributed by atoms with van der Waals surface area (Å²) in [5.74, 6) is 0.211. The quantitative estimate of drug-likeness (QED) is 0.697. The molecule has 3 rings (SSSR count). The number of ether oxygens (including phenoxy) is 1. The van der Waals surface area contributed by atoms with Crippen LogP contribution in [0.4, 0.5) is 5.69 Å². The first kappa shape index (κ1) is 22.7. The number of amides is 2. The maximum atomic E-state index is 13.0. The summed E-state index contributed by atoms with van der Waals surface area (Å²) in [6.07, 6.45) is 0.00963. The number of nitrogens with zero attached hydrogens (tertiary/aromatic N) is 2. The Bertz CT molecular complexity index is 955. The summed E-state index contributed by atoms with van der Waals surface area (Å²) in [5.41, 5.74) is 1.52. The number of hydrogen-bond donors (Lipinski definition) is 2. The summed E-state index contributed by atoms with van der Waals surface area (Å²) in [6, 6.07) is 14.1. The van der Waals surface area contributed by atoms with Gasteiger partial charge in [-0.2, -0.15) is 0 Å². The Labute approximate surface area is 188 Å². The lowest BCUT2D eigenvalue weighted by Crippen LogP contribution is -2.47. The molecule has 1 aliphatic rings. The van der Waals surface area contributed by atoms with E-state index < -0.39 is 0 Å². The molecular weight excluding hydrogens is 412 g/mol. The van der Waals surface area contributed by atoms with E-state index in [1.165, 1.54) is 0 Å². The van der Waals surface area contributed by atoms with Crippen LogP contribution in [-0.2, 0) is 0 Å². The van der Waals surface area contributed by atoms with E-state index in [9.17, 15) is 9.59 Å². The van der Waals surface area contributed by atoms with Gasteiger partial charge in [0.15, 0.2) is 5.11 Å². The third kappa shape index (κ3) is 6.26. The Balaban J connectivity index is 1.66. The van der Waals surface area contributed by atoms with E-state index in [1.807, 2.05) is 37.9 Å². The van der Waals surface area contributed by atoms with Gasteiger partial charge < -0.3 is 19.9 Å². The number of rotatable bonds is 5. The second-order valence-corrected chi connectivity index (χ2v) is 8.15. The molecule has 7 nitrogen and oxygen atoms in total. The molecule has 0 radical (unpaired) electrons. The van der Waals surface area contributed by atoms with Gasteiger partial charge in [0, 0.05) is 31.7 Å². The molecule has 2 amide bonds. The van der Waals surface area contributed by atoms with Gasteiger partial charge >= 0.3 is 0 Å². The molecule has 1 fully saturated rings. The molecule has 0 unspecified atom stereocenters. The molecule has 0 aromatic heterocycles. The minimum absolute atomic E-state index is 0.00963. The zero-order chi connectivity index (χ0) is 22.4. The number of carbonyl (C=O) groups excluding carboxylic acids is 2. The predicted octanol–water partition coefficient (Wildman–Crippen LogP) is 2.99. The van der Waals surface area contributed by atoms with Crippen LogP contribution in [0.3, 0.4) is 0 Å². The summed E-state index contributed by atoms with van der Waals surface area (Å²) in [5, 5.41) is 5.79. The van der Waals surface area contributed by atoms with Crippen molar-refractivity contribution in [2.24, 2.45) is 0 Å². The second-order valence-electron chi connectivity index (χ2n) is 7.74. The van der Waals surface area contributed by atoms with Crippen LogP contribution < -0.4 is 15.4 Å². The van der Waals surface area contributed by atoms with Gasteiger partial charge in [0.05, 0.1) is 17.4 Å². The highest BCUT2D eigenvalue weighted by molar-refractivity contribution is 7.80. The Kier molecular flexibility index (Phi) is 7.59. The molecule has 1 heterocycles. The molecule has 0 atom stereocenters. The normalized spacial score (nSPS) is 14.3. The Hall–Kier alpha value is -2.97. The number of para-hydroxylation sites is 1. The highest BCUT2D eigenvalue weighted by Crippen LogP contribution is 2.19. The van der Waals surface area contributed by atoms with Crippen molar-refractivity contribution in [1.82, 2.24) is 15.1 Å². The van der Waals surface area contributed by atoms with Crippen LogP contribution in [0.25, 0.3) is 0 Å². The van der Waals surface area contributed by atoms with Gasteiger partial charge in [-0.15, -0.1) is 0 Å². The van der Waals surface area contributed by atoms with Crippen LogP contribution >= 0.6 is 12.2 Å². The third-order valence-electron chi connectivity index (χ3n) is 4.89. The van der Waals surface area contributed by atoms with Crippen LogP contribution in [0, 0.1) is 0 Å². The molecule has 2 N–H and O–H groups in total. The number of anilines is 1. The van der Waals surface area contributed by atoms with Gasteiger partial charge in [0.25, 0.3) is 11.8 Å². The lowest BCUT2D eigenvalue weighted by molar-refractivity contribution is 0.0665. The highest BCUT2D eigenvalue weighted by atomic mass is 32.1. The summed E-state index contributed by atoms with van der Waals surface area (Å²) in [6.45, 7) is 6.89. The molecule has 2 aromatic rings. The topological polar surface area (TPSA) is 73.9 Å². The zero-order valence-electron chi connectivity index (χ0n) is 18.1. The fourth-order valence-corrected chi connectivity index (χ4v) is 3.47. The van der Waals surface area contributed by atoms with Crippen LogP contribution in [0.2, 0.25) is 0 Å². The van der Waals surface area contributed by atoms with Crippen LogP contribution in [-0.4, -0.2) is 66.1 Å². The van der Waals surface area contributed by atoms with Crippen molar-refractivity contribution in [3.8, 4) is 5.75 Å². The van der Waals surface area contributed by atoms with Crippen molar-refractivity contribution >= 4 is 34.8 Å². The zero-order valence-corrected chi connectivity index (χ0v) is 18.9. The molecule has 164 valence electrons. The average Bonchev–Trinajstić information content (AvgIpc) is 2.74. The molecule has 8 heteroatoms. The van der Waals surface area contributed by atoms with E-state index in [0.717, 1.165) is 13.1 Å². The van der Waals surface area contributed by atoms with E-state index in [0.29, 0.717) is 35.7 Å². The van der Waals surface area contributed by atoms with E-state index in [4.69, 9.17) is 17.0 Å². The van der Waals surface area contributed by atoms with E-state index in [2.05, 4.69) is 15.5 Å². The first-order valence-corrected chi connectivity index (χ1v) is 10.7. The molecule has 31 heavy (non-hydrogen) atoms. The van der Waals surface area contributed by atoms with E-state index >= 15 is 0 Å². The molecule has 0 saturated carbocycles. The summed E-state index contributed by atoms with van der Waals surface area (Å²) >= 11 is 5.33. The van der Waals surface area contributed by atoms with E-state index in [-0.39, 0.29) is 23.0 Å². The number of hydrogen-bond acceptors (Lipinski definition) is 5. The van der Waals surface area contributed by atoms with Gasteiger partial charge in [0.1, 0.15) is 5.75 Å². The Morgan fingerprint density at radius 1 is 1.03 bits per heavy atom. The third-order valence-corrected chi connectivity index (χ3v) is 5.10. The fourth-order valence-electron chi connectivity index (χ4n) is 3.27. The number of carbonyl (C=O) groups is 2. The maximum Gasteiger partial charge on any atom is 0.257 e. The van der Waals surface area contributed by atoms with Gasteiger partial charge in [-0.3, -0.25) is 14.9 Å². The largest absolute Gasteiger partial charge is 0.491 e. The van der Waals surface area contributed by atoms with Crippen LogP contribution in [0.1, 0.15) is 34.6 Å². The SMILES string of the molecule is CC(C)Oc1cccc(C(=O)NC(=S)Nc2ccccc2C(=O)N2CCN(C)CC2)c1. The molecule has 1 saturated heterocycles. The van der Waals surface area contributed by atoms with Crippen molar-refractivity contribution in [1.29, 1.82) is 0 Å². The van der Waals surface area contributed by atoms with Crippen LogP contribution in [0.5, 0.6) is 5.75 Å². The number of thiocarbonyl (C=S) groups is 1. The minimum atomic E-state index is -0.352. The molecule has 0 spiro atoms. The monoisotopic (exact) mass is 440 g/mol. The Morgan fingerprint density at radius 2 is 1.74 bits per heavy atom. The minimum Gasteiger partial charge on any atom is -0.491 e. The molecule has 1 aliphatic heterocycles. The fraction of sp³-hybridized carbons (Fsp3) is 0.348. The van der Waals surface area contributed by atoms with Crippen molar-refractivity contribution in [2.45, 2.75) is 20.0 Å². The van der Waals surface area contributed by atoms with Crippen molar-refractivity contribution in [3.05, 3.63) is 59.7 Å². The average molecular weight is 441 g/mol. The number of nitrogens with one attached hydrogen (secondary N) is 2. The van der Waals surface area contributed by atoms with Crippen molar-refractivity contribution in [2.75, 3.05) is 38.5 Å². The number of piperazine rings is 1. The predicted molar refractivity (Wildman–Crippen MR) is 126 cm³/mol. The van der Waals surface area contributed by atoms with Gasteiger partial charge in [-0.1, -0.05) is 18.2 Å². The maximum absolute atomic E-state index is 13.0. The number of benzene rings is 2. The van der Waals surface area contributed by atoms with E-state index in [1.54, 1.807) is 36.4 Å². The van der Waals surface area contributed by atoms with Crippen molar-refractivity contribution < 1.29 is 14.3 Å². The standard InChI is InChI=1S/C23H28N4O3S/c1-16(2)30-18-8-6-7-17(15-18)21(28)25-23(31)24-20-10-5-4-9-19(20)22(29)27-13-11-26(3)12-14-27/h4-10,15-16H,11-14H2,1-3H3,(H2,24,25,28,31). The van der Waals surface area contributed by atoms with Crippen LogP contribution in [0.15, 0.2) is 48.5 Å². The molecule has 2 aromatic carbocycles. The number of likely N-dealkylation sites (N-methyl/N-ethyl adjacent to an activating group) is 1. The lowest BCUT2D eigenvalue weighted by atomic mass is 10.1. The van der Waals surface area contributed by atoms with Gasteiger partial charge in [0.2, 0.25) is 0 Å². The van der Waals surface area contributed by atoms with Gasteiger partial charge in [-0.25, -0.2) is 0 Å². The summed E-state index contributed by atoms with van der Waals surface area (Å²) < 4.78 is 5.64. The first-order chi connectivity index (χ1) is 14.8. The molecule has 0 aliphatic carbocycles. The highest BCUT2D eigenvalue weighted by Gasteiger charge is 2.22. The van der Waals surface area contributed by atoms with Crippen molar-refractivity contribution in [3.63, 3.8) is 0 Å². The molecule has 0 bridgehead atoms. The summed E-state index contributed by atoms with van der Waals surface area (Å²) in [7, 11) is 2.04. The Morgan fingerprint density at radius 3 is 2.45 bits per heavy atom. The lowest BCUT2D eigenvalue weighted by Gasteiger charge is -2.32. The smallest absolute Gasteiger partial charge is 0.257 e. The second kappa shape index (κ2) is 10.4. The van der Waals surface area contributed by atoms with Gasteiger partial charge in [-0.05, 0) is 63.4 Å². The molecular formula is C23H28N4O3S. The first-order valence-electron chi connectivity index (χ1n) is 10.3.